The standard InChI is InChI=1S/C24H23N2O5/c1-15(27)22(31-24(29)11-17-13-26-21-9-5-3-7-19(17)21)14-30-23(28)10-16-12-25-20-8-4-2-6-18(16)20/h2-9,12-13,15,22,25-27H,1,10-11,14H2/t15-,22+/m1/s1. The lowest BCUT2D eigenvalue weighted by molar-refractivity contribution is -0.163. The number of aromatic amines is 2. The van der Waals surface area contributed by atoms with E-state index in [4.69, 9.17) is 9.47 Å². The number of fused-ring (bicyclic) bond motifs is 2. The molecule has 159 valence electrons. The van der Waals surface area contributed by atoms with Crippen LogP contribution in [0.4, 0.5) is 0 Å². The van der Waals surface area contributed by atoms with Gasteiger partial charge in [0.15, 0.2) is 6.10 Å². The maximum Gasteiger partial charge on any atom is 0.310 e. The molecule has 2 aromatic heterocycles. The first-order valence-electron chi connectivity index (χ1n) is 9.97. The van der Waals surface area contributed by atoms with E-state index in [0.29, 0.717) is 0 Å². The van der Waals surface area contributed by atoms with Crippen LogP contribution in [0.1, 0.15) is 11.1 Å². The van der Waals surface area contributed by atoms with Gasteiger partial charge in [-0.3, -0.25) is 9.59 Å². The summed E-state index contributed by atoms with van der Waals surface area (Å²) >= 11 is 0. The molecule has 0 unspecified atom stereocenters. The molecule has 0 spiro atoms. The van der Waals surface area contributed by atoms with Crippen molar-refractivity contribution in [1.82, 2.24) is 9.97 Å². The van der Waals surface area contributed by atoms with Crippen molar-refractivity contribution in [2.24, 2.45) is 0 Å². The van der Waals surface area contributed by atoms with Crippen molar-refractivity contribution in [3.8, 4) is 0 Å². The van der Waals surface area contributed by atoms with Gasteiger partial charge >= 0.3 is 11.9 Å². The number of H-pyrrole nitrogens is 2. The number of ether oxygens (including phenoxy) is 2. The number of hydrogen-bond donors (Lipinski definition) is 3. The maximum absolute atomic E-state index is 12.4. The van der Waals surface area contributed by atoms with Crippen molar-refractivity contribution in [3.05, 3.63) is 79.0 Å². The van der Waals surface area contributed by atoms with Crippen molar-refractivity contribution in [3.63, 3.8) is 0 Å². The molecule has 0 saturated heterocycles. The van der Waals surface area contributed by atoms with Gasteiger partial charge in [0.2, 0.25) is 0 Å². The molecule has 0 fully saturated rings. The number of hydrogen-bond acceptors (Lipinski definition) is 5. The molecule has 2 heterocycles. The lowest BCUT2D eigenvalue weighted by Crippen LogP contribution is -2.35. The topological polar surface area (TPSA) is 104 Å². The third-order valence-corrected chi connectivity index (χ3v) is 5.14. The Labute approximate surface area is 179 Å². The molecule has 0 aliphatic carbocycles. The van der Waals surface area contributed by atoms with Crippen LogP contribution in [0, 0.1) is 6.92 Å². The fourth-order valence-electron chi connectivity index (χ4n) is 3.53. The second-order valence-electron chi connectivity index (χ2n) is 7.35. The molecule has 0 bridgehead atoms. The number of aromatic nitrogens is 2. The Bertz CT molecular complexity index is 1210. The van der Waals surface area contributed by atoms with E-state index >= 15 is 0 Å². The number of aliphatic hydroxyl groups excluding tert-OH is 1. The van der Waals surface area contributed by atoms with Crippen LogP contribution in [-0.2, 0) is 31.9 Å². The molecule has 7 heteroatoms. The van der Waals surface area contributed by atoms with E-state index in [9.17, 15) is 14.7 Å². The number of para-hydroxylation sites is 2. The highest BCUT2D eigenvalue weighted by molar-refractivity contribution is 5.88. The van der Waals surface area contributed by atoms with Crippen LogP contribution >= 0.6 is 0 Å². The van der Waals surface area contributed by atoms with Gasteiger partial charge in [0.1, 0.15) is 6.61 Å². The average molecular weight is 419 g/mol. The molecule has 31 heavy (non-hydrogen) atoms. The smallest absolute Gasteiger partial charge is 0.310 e. The zero-order chi connectivity index (χ0) is 21.8. The molecule has 0 amide bonds. The average Bonchev–Trinajstić information content (AvgIpc) is 3.35. The predicted molar refractivity (Wildman–Crippen MR) is 116 cm³/mol. The second-order valence-corrected chi connectivity index (χ2v) is 7.35. The summed E-state index contributed by atoms with van der Waals surface area (Å²) in [5.41, 5.74) is 3.45. The van der Waals surface area contributed by atoms with Crippen LogP contribution in [-0.4, -0.2) is 45.8 Å². The number of rotatable bonds is 8. The number of carbonyl (C=O) groups is 2. The van der Waals surface area contributed by atoms with Gasteiger partial charge in [-0.25, -0.2) is 0 Å². The van der Waals surface area contributed by atoms with Crippen molar-refractivity contribution >= 4 is 33.7 Å². The fourth-order valence-corrected chi connectivity index (χ4v) is 3.53. The van der Waals surface area contributed by atoms with E-state index in [1.807, 2.05) is 48.5 Å². The third kappa shape index (κ3) is 4.78. The first kappa shape index (κ1) is 20.7. The maximum atomic E-state index is 12.4. The number of benzene rings is 2. The van der Waals surface area contributed by atoms with Crippen LogP contribution in [0.5, 0.6) is 0 Å². The Morgan fingerprint density at radius 2 is 1.39 bits per heavy atom. The third-order valence-electron chi connectivity index (χ3n) is 5.14. The quantitative estimate of drug-likeness (QED) is 0.381. The highest BCUT2D eigenvalue weighted by Crippen LogP contribution is 2.20. The molecule has 1 radical (unpaired) electrons. The molecule has 0 aliphatic heterocycles. The summed E-state index contributed by atoms with van der Waals surface area (Å²) in [5, 5.41) is 11.7. The summed E-state index contributed by atoms with van der Waals surface area (Å²) in [7, 11) is 0. The lowest BCUT2D eigenvalue weighted by Gasteiger charge is -2.20. The Morgan fingerprint density at radius 3 is 1.94 bits per heavy atom. The second kappa shape index (κ2) is 9.06. The van der Waals surface area contributed by atoms with Crippen LogP contribution < -0.4 is 0 Å². The summed E-state index contributed by atoms with van der Waals surface area (Å²) in [5.74, 6) is -1.02. The van der Waals surface area contributed by atoms with Crippen LogP contribution in [0.15, 0.2) is 60.9 Å². The Balaban J connectivity index is 1.33. The molecule has 2 atom stereocenters. The van der Waals surface area contributed by atoms with Gasteiger partial charge in [-0.1, -0.05) is 36.4 Å². The lowest BCUT2D eigenvalue weighted by atomic mass is 10.1. The first-order chi connectivity index (χ1) is 15.0. The number of aliphatic hydroxyl groups is 1. The van der Waals surface area contributed by atoms with Crippen molar-refractivity contribution in [2.75, 3.05) is 6.61 Å². The highest BCUT2D eigenvalue weighted by Gasteiger charge is 2.23. The summed E-state index contributed by atoms with van der Waals surface area (Å²) in [6.45, 7) is 3.24. The molecular weight excluding hydrogens is 396 g/mol. The van der Waals surface area contributed by atoms with E-state index in [1.54, 1.807) is 12.4 Å². The van der Waals surface area contributed by atoms with Gasteiger partial charge in [0.05, 0.1) is 18.9 Å². The van der Waals surface area contributed by atoms with Crippen molar-refractivity contribution in [1.29, 1.82) is 0 Å². The van der Waals surface area contributed by atoms with E-state index in [2.05, 4.69) is 16.9 Å². The number of nitrogens with one attached hydrogen (secondary N) is 2. The molecule has 0 saturated carbocycles. The van der Waals surface area contributed by atoms with Crippen LogP contribution in [0.3, 0.4) is 0 Å². The van der Waals surface area contributed by atoms with E-state index in [-0.39, 0.29) is 19.4 Å². The molecule has 7 nitrogen and oxygen atoms in total. The molecule has 4 rings (SSSR count). The fraction of sp³-hybridized carbons (Fsp3) is 0.208. The van der Waals surface area contributed by atoms with Gasteiger partial charge in [-0.15, -0.1) is 0 Å². The van der Waals surface area contributed by atoms with Crippen molar-refractivity contribution in [2.45, 2.75) is 25.0 Å². The zero-order valence-corrected chi connectivity index (χ0v) is 16.8. The van der Waals surface area contributed by atoms with Gasteiger partial charge in [0, 0.05) is 34.2 Å². The monoisotopic (exact) mass is 419 g/mol. The summed E-state index contributed by atoms with van der Waals surface area (Å²) in [6, 6.07) is 15.3. The predicted octanol–water partition coefficient (Wildman–Crippen LogP) is 3.08. The summed E-state index contributed by atoms with van der Waals surface area (Å²) in [6.07, 6.45) is 1.32. The minimum atomic E-state index is -1.23. The first-order valence-corrected chi connectivity index (χ1v) is 9.97. The van der Waals surface area contributed by atoms with Crippen LogP contribution in [0.25, 0.3) is 21.8 Å². The van der Waals surface area contributed by atoms with E-state index in [0.717, 1.165) is 32.9 Å². The minimum Gasteiger partial charge on any atom is -0.461 e. The summed E-state index contributed by atoms with van der Waals surface area (Å²) in [4.78, 5) is 30.9. The largest absolute Gasteiger partial charge is 0.461 e. The minimum absolute atomic E-state index is 0.0243. The number of carbonyl (C=O) groups excluding carboxylic acids is 2. The van der Waals surface area contributed by atoms with Crippen LogP contribution in [0.2, 0.25) is 0 Å². The normalized spacial score (nSPS) is 13.2. The van der Waals surface area contributed by atoms with E-state index < -0.39 is 24.1 Å². The highest BCUT2D eigenvalue weighted by atomic mass is 16.6. The molecule has 0 aliphatic rings. The number of esters is 2. The Hall–Kier alpha value is -3.58. The SMILES string of the molecule is [CH2][C@@H](O)[C@H](COC(=O)Cc1c[nH]c2ccccc12)OC(=O)Cc1c[nH]c2ccccc12. The zero-order valence-electron chi connectivity index (χ0n) is 16.8. The van der Waals surface area contributed by atoms with Gasteiger partial charge < -0.3 is 24.5 Å². The van der Waals surface area contributed by atoms with Gasteiger partial charge in [-0.2, -0.15) is 0 Å². The van der Waals surface area contributed by atoms with Gasteiger partial charge in [0.25, 0.3) is 0 Å². The van der Waals surface area contributed by atoms with Gasteiger partial charge in [-0.05, 0) is 30.2 Å². The Morgan fingerprint density at radius 1 is 0.871 bits per heavy atom. The Kier molecular flexibility index (Phi) is 6.04. The van der Waals surface area contributed by atoms with Crippen molar-refractivity contribution < 1.29 is 24.2 Å². The molecule has 2 aromatic carbocycles. The molecular formula is C24H23N2O5. The van der Waals surface area contributed by atoms with E-state index in [1.165, 1.54) is 0 Å². The summed E-state index contributed by atoms with van der Waals surface area (Å²) < 4.78 is 10.6. The molecule has 3 N–H and O–H groups in total. The molecule has 4 aromatic rings.